The number of hydrogen-bond acceptors (Lipinski definition) is 6. The van der Waals surface area contributed by atoms with Crippen molar-refractivity contribution in [2.45, 2.75) is 0 Å². The molecule has 1 amide bonds. The van der Waals surface area contributed by atoms with E-state index in [0.29, 0.717) is 31.2 Å². The lowest BCUT2D eigenvalue weighted by molar-refractivity contribution is 0.0751. The summed E-state index contributed by atoms with van der Waals surface area (Å²) in [5, 5.41) is 7.96. The second-order valence-electron chi connectivity index (χ2n) is 6.73. The molecule has 0 unspecified atom stereocenters. The van der Waals surface area contributed by atoms with Gasteiger partial charge in [-0.1, -0.05) is 23.7 Å². The third kappa shape index (κ3) is 3.34. The number of aromatic nitrogens is 4. The zero-order valence-corrected chi connectivity index (χ0v) is 17.0. The summed E-state index contributed by atoms with van der Waals surface area (Å²) in [5.41, 5.74) is 1.58. The van der Waals surface area contributed by atoms with E-state index in [4.69, 9.17) is 11.6 Å². The summed E-state index contributed by atoms with van der Waals surface area (Å²) in [5.74, 6) is 0.938. The lowest BCUT2D eigenvalue weighted by atomic mass is 10.2. The van der Waals surface area contributed by atoms with Crippen LogP contribution in [0.25, 0.3) is 16.7 Å². The molecule has 1 aliphatic heterocycles. The lowest BCUT2D eigenvalue weighted by Crippen LogP contribution is -2.49. The zero-order valence-electron chi connectivity index (χ0n) is 15.4. The molecule has 1 aromatic carbocycles. The normalized spacial score (nSPS) is 14.5. The van der Waals surface area contributed by atoms with Crippen LogP contribution in [0.2, 0.25) is 5.02 Å². The number of fused-ring (bicyclic) bond motifs is 1. The zero-order chi connectivity index (χ0) is 19.8. The quantitative estimate of drug-likeness (QED) is 0.503. The highest BCUT2D eigenvalue weighted by Crippen LogP contribution is 2.26. The largest absolute Gasteiger partial charge is 0.352 e. The Labute approximate surface area is 176 Å². The van der Waals surface area contributed by atoms with Gasteiger partial charge in [-0.3, -0.25) is 4.79 Å². The Kier molecular flexibility index (Phi) is 4.65. The van der Waals surface area contributed by atoms with Crippen LogP contribution in [0.3, 0.4) is 0 Å². The van der Waals surface area contributed by atoms with Gasteiger partial charge in [0.2, 0.25) is 0 Å². The number of rotatable bonds is 3. The molecule has 1 aliphatic rings. The van der Waals surface area contributed by atoms with Gasteiger partial charge in [0.25, 0.3) is 5.91 Å². The van der Waals surface area contributed by atoms with Crippen LogP contribution in [0.5, 0.6) is 0 Å². The molecule has 4 heterocycles. The molecule has 0 atom stereocenters. The van der Waals surface area contributed by atoms with E-state index in [1.54, 1.807) is 17.2 Å². The molecule has 0 aliphatic carbocycles. The standard InChI is InChI=1S/C20H17ClN6OS/c21-14-3-1-4-15(11-14)27-19-16(12-24-27)18(22-13-23-19)25-6-8-26(9-7-25)20(28)17-5-2-10-29-17/h1-5,10-13H,6-9H2. The van der Waals surface area contributed by atoms with E-state index < -0.39 is 0 Å². The van der Waals surface area contributed by atoms with Crippen LogP contribution >= 0.6 is 22.9 Å². The monoisotopic (exact) mass is 424 g/mol. The molecule has 0 bridgehead atoms. The van der Waals surface area contributed by atoms with Gasteiger partial charge in [-0.2, -0.15) is 5.10 Å². The van der Waals surface area contributed by atoms with E-state index >= 15 is 0 Å². The maximum absolute atomic E-state index is 12.6. The molecule has 9 heteroatoms. The highest BCUT2D eigenvalue weighted by atomic mass is 35.5. The Hall–Kier alpha value is -2.97. The summed E-state index contributed by atoms with van der Waals surface area (Å²) in [6.07, 6.45) is 3.35. The average molecular weight is 425 g/mol. The molecule has 0 spiro atoms. The summed E-state index contributed by atoms with van der Waals surface area (Å²) in [7, 11) is 0. The van der Waals surface area contributed by atoms with Crippen molar-refractivity contribution >= 4 is 45.7 Å². The number of piperazine rings is 1. The van der Waals surface area contributed by atoms with Gasteiger partial charge in [0.05, 0.1) is 22.1 Å². The smallest absolute Gasteiger partial charge is 0.264 e. The van der Waals surface area contributed by atoms with Gasteiger partial charge in [-0.25, -0.2) is 14.6 Å². The van der Waals surface area contributed by atoms with Crippen LogP contribution in [-0.2, 0) is 0 Å². The molecule has 0 saturated carbocycles. The molecular weight excluding hydrogens is 408 g/mol. The van der Waals surface area contributed by atoms with E-state index in [2.05, 4.69) is 20.0 Å². The highest BCUT2D eigenvalue weighted by Gasteiger charge is 2.25. The summed E-state index contributed by atoms with van der Waals surface area (Å²) in [6, 6.07) is 11.3. The minimum absolute atomic E-state index is 0.0984. The summed E-state index contributed by atoms with van der Waals surface area (Å²) < 4.78 is 1.77. The minimum atomic E-state index is 0.0984. The topological polar surface area (TPSA) is 67.2 Å². The van der Waals surface area contributed by atoms with Crippen LogP contribution in [0.1, 0.15) is 9.67 Å². The van der Waals surface area contributed by atoms with Gasteiger partial charge >= 0.3 is 0 Å². The van der Waals surface area contributed by atoms with E-state index in [9.17, 15) is 4.79 Å². The van der Waals surface area contributed by atoms with Gasteiger partial charge in [0.15, 0.2) is 5.65 Å². The van der Waals surface area contributed by atoms with Crippen molar-refractivity contribution in [2.24, 2.45) is 0 Å². The van der Waals surface area contributed by atoms with Gasteiger partial charge < -0.3 is 9.80 Å². The van der Waals surface area contributed by atoms with Crippen molar-refractivity contribution in [2.75, 3.05) is 31.1 Å². The first-order valence-electron chi connectivity index (χ1n) is 9.23. The number of amides is 1. The summed E-state index contributed by atoms with van der Waals surface area (Å²) in [6.45, 7) is 2.74. The number of carbonyl (C=O) groups is 1. The molecule has 3 aromatic heterocycles. The Morgan fingerprint density at radius 2 is 1.93 bits per heavy atom. The Bertz CT molecular complexity index is 1170. The van der Waals surface area contributed by atoms with E-state index in [0.717, 1.165) is 27.4 Å². The van der Waals surface area contributed by atoms with Crippen molar-refractivity contribution in [3.63, 3.8) is 0 Å². The predicted molar refractivity (Wildman–Crippen MR) is 114 cm³/mol. The summed E-state index contributed by atoms with van der Waals surface area (Å²) in [4.78, 5) is 26.4. The Morgan fingerprint density at radius 3 is 2.69 bits per heavy atom. The maximum atomic E-state index is 12.6. The molecule has 5 rings (SSSR count). The number of carbonyl (C=O) groups excluding carboxylic acids is 1. The number of thiophene rings is 1. The van der Waals surface area contributed by atoms with Gasteiger partial charge in [-0.15, -0.1) is 11.3 Å². The SMILES string of the molecule is O=C(c1cccs1)N1CCN(c2ncnc3c2cnn3-c2cccc(Cl)c2)CC1. The average Bonchev–Trinajstić information content (AvgIpc) is 3.43. The molecule has 4 aromatic rings. The van der Waals surface area contributed by atoms with Crippen molar-refractivity contribution in [3.05, 3.63) is 64.2 Å². The van der Waals surface area contributed by atoms with Crippen molar-refractivity contribution in [3.8, 4) is 5.69 Å². The molecule has 29 heavy (non-hydrogen) atoms. The van der Waals surface area contributed by atoms with Crippen LogP contribution in [0.4, 0.5) is 5.82 Å². The second-order valence-corrected chi connectivity index (χ2v) is 8.11. The van der Waals surface area contributed by atoms with E-state index in [1.807, 2.05) is 46.7 Å². The first-order valence-corrected chi connectivity index (χ1v) is 10.5. The Balaban J connectivity index is 1.40. The van der Waals surface area contributed by atoms with E-state index in [-0.39, 0.29) is 5.91 Å². The van der Waals surface area contributed by atoms with Crippen molar-refractivity contribution in [1.82, 2.24) is 24.6 Å². The van der Waals surface area contributed by atoms with Crippen molar-refractivity contribution in [1.29, 1.82) is 0 Å². The third-order valence-electron chi connectivity index (χ3n) is 5.00. The van der Waals surface area contributed by atoms with Crippen LogP contribution in [0, 0.1) is 0 Å². The minimum Gasteiger partial charge on any atom is -0.352 e. The fraction of sp³-hybridized carbons (Fsp3) is 0.200. The lowest BCUT2D eigenvalue weighted by Gasteiger charge is -2.35. The van der Waals surface area contributed by atoms with E-state index in [1.165, 1.54) is 11.3 Å². The summed E-state index contributed by atoms with van der Waals surface area (Å²) >= 11 is 7.61. The number of benzene rings is 1. The third-order valence-corrected chi connectivity index (χ3v) is 6.09. The molecule has 7 nitrogen and oxygen atoms in total. The highest BCUT2D eigenvalue weighted by molar-refractivity contribution is 7.12. The van der Waals surface area contributed by atoms with Gasteiger partial charge in [0.1, 0.15) is 12.1 Å². The molecule has 1 saturated heterocycles. The fourth-order valence-corrected chi connectivity index (χ4v) is 4.43. The first-order chi connectivity index (χ1) is 14.2. The molecule has 1 fully saturated rings. The fourth-order valence-electron chi connectivity index (χ4n) is 3.56. The maximum Gasteiger partial charge on any atom is 0.264 e. The number of nitrogens with zero attached hydrogens (tertiary/aromatic N) is 6. The molecule has 146 valence electrons. The number of hydrogen-bond donors (Lipinski definition) is 0. The molecule has 0 radical (unpaired) electrons. The van der Waals surface area contributed by atoms with Crippen molar-refractivity contribution < 1.29 is 4.79 Å². The Morgan fingerprint density at radius 1 is 1.07 bits per heavy atom. The van der Waals surface area contributed by atoms with Gasteiger partial charge in [0, 0.05) is 31.2 Å². The van der Waals surface area contributed by atoms with Crippen LogP contribution < -0.4 is 4.90 Å². The van der Waals surface area contributed by atoms with Crippen LogP contribution in [-0.4, -0.2) is 56.7 Å². The second kappa shape index (κ2) is 7.46. The number of halogens is 1. The van der Waals surface area contributed by atoms with Gasteiger partial charge in [-0.05, 0) is 29.6 Å². The number of anilines is 1. The predicted octanol–water partition coefficient (Wildman–Crippen LogP) is 3.49. The first kappa shape index (κ1) is 18.1. The molecular formula is C20H17ClN6OS. The molecule has 0 N–H and O–H groups in total. The van der Waals surface area contributed by atoms with Crippen LogP contribution in [0.15, 0.2) is 54.3 Å².